The van der Waals surface area contributed by atoms with Gasteiger partial charge in [-0.25, -0.2) is 13.4 Å². The van der Waals surface area contributed by atoms with Crippen molar-refractivity contribution in [3.05, 3.63) is 12.5 Å². The largest absolute Gasteiger partial charge is 0.368 e. The van der Waals surface area contributed by atoms with Crippen molar-refractivity contribution < 1.29 is 13.2 Å². The van der Waals surface area contributed by atoms with Gasteiger partial charge < -0.3 is 10.3 Å². The lowest BCUT2D eigenvalue weighted by atomic mass is 10.0. The van der Waals surface area contributed by atoms with Gasteiger partial charge in [-0.15, -0.1) is 0 Å². The normalized spacial score (nSPS) is 21.9. The molecule has 1 atom stereocenters. The summed E-state index contributed by atoms with van der Waals surface area (Å²) in [5, 5.41) is -0.0434. The Morgan fingerprint density at radius 2 is 2.22 bits per heavy atom. The van der Waals surface area contributed by atoms with E-state index in [1.54, 1.807) is 11.6 Å². The van der Waals surface area contributed by atoms with E-state index in [-0.39, 0.29) is 5.03 Å². The molecule has 0 radical (unpaired) electrons. The third-order valence-electron chi connectivity index (χ3n) is 3.04. The van der Waals surface area contributed by atoms with E-state index in [9.17, 15) is 13.2 Å². The number of carbonyl (C=O) groups is 1. The summed E-state index contributed by atoms with van der Waals surface area (Å²) in [5.41, 5.74) is 5.27. The Morgan fingerprint density at radius 3 is 2.78 bits per heavy atom. The van der Waals surface area contributed by atoms with Crippen LogP contribution in [0.1, 0.15) is 19.3 Å². The quantitative estimate of drug-likeness (QED) is 0.798. The van der Waals surface area contributed by atoms with Crippen LogP contribution < -0.4 is 5.73 Å². The van der Waals surface area contributed by atoms with Crippen LogP contribution in [0.3, 0.4) is 0 Å². The molecule has 0 spiro atoms. The summed E-state index contributed by atoms with van der Waals surface area (Å²) in [6.07, 6.45) is 4.84. The summed E-state index contributed by atoms with van der Waals surface area (Å²) < 4.78 is 27.4. The molecule has 1 saturated heterocycles. The van der Waals surface area contributed by atoms with Crippen molar-refractivity contribution in [1.29, 1.82) is 0 Å². The lowest BCUT2D eigenvalue weighted by molar-refractivity contribution is -0.122. The van der Waals surface area contributed by atoms with Gasteiger partial charge in [-0.2, -0.15) is 4.31 Å². The molecule has 2 rings (SSSR count). The molecule has 18 heavy (non-hydrogen) atoms. The molecule has 0 bridgehead atoms. The Balaban J connectivity index is 2.36. The predicted octanol–water partition coefficient (Wildman–Crippen LogP) is -0.551. The first-order valence-electron chi connectivity index (χ1n) is 5.72. The highest BCUT2D eigenvalue weighted by Crippen LogP contribution is 2.24. The van der Waals surface area contributed by atoms with Crippen molar-refractivity contribution in [3.8, 4) is 0 Å². The summed E-state index contributed by atoms with van der Waals surface area (Å²) in [4.78, 5) is 15.2. The summed E-state index contributed by atoms with van der Waals surface area (Å²) >= 11 is 0. The van der Waals surface area contributed by atoms with Gasteiger partial charge >= 0.3 is 0 Å². The van der Waals surface area contributed by atoms with E-state index in [1.165, 1.54) is 16.8 Å². The van der Waals surface area contributed by atoms with E-state index in [0.717, 1.165) is 12.8 Å². The minimum absolute atomic E-state index is 0.0434. The minimum atomic E-state index is -3.73. The van der Waals surface area contributed by atoms with Gasteiger partial charge in [0, 0.05) is 19.8 Å². The molecule has 0 aromatic carbocycles. The minimum Gasteiger partial charge on any atom is -0.368 e. The van der Waals surface area contributed by atoms with Gasteiger partial charge in [-0.1, -0.05) is 6.42 Å². The van der Waals surface area contributed by atoms with Gasteiger partial charge in [0.1, 0.15) is 6.04 Å². The van der Waals surface area contributed by atoms with Crippen LogP contribution in [0, 0.1) is 0 Å². The molecular weight excluding hydrogens is 256 g/mol. The molecular formula is C10H16N4O3S. The molecule has 0 aliphatic carbocycles. The van der Waals surface area contributed by atoms with Crippen molar-refractivity contribution in [2.75, 3.05) is 6.54 Å². The van der Waals surface area contributed by atoms with Gasteiger partial charge in [-0.05, 0) is 12.8 Å². The zero-order valence-corrected chi connectivity index (χ0v) is 10.9. The van der Waals surface area contributed by atoms with Gasteiger partial charge in [0.05, 0.1) is 6.33 Å². The van der Waals surface area contributed by atoms with E-state index >= 15 is 0 Å². The number of carbonyl (C=O) groups excluding carboxylic acids is 1. The standard InChI is InChI=1S/C10H16N4O3S/c1-13-6-9(12-7-13)18(16,17)14-5-3-2-4-8(14)10(11)15/h6-8H,2-5H2,1H3,(H2,11,15)/t8-/m0/s1. The van der Waals surface area contributed by atoms with Gasteiger partial charge in [0.15, 0.2) is 5.03 Å². The number of imidazole rings is 1. The molecule has 2 N–H and O–H groups in total. The molecule has 0 saturated carbocycles. The van der Waals surface area contributed by atoms with Crippen molar-refractivity contribution in [1.82, 2.24) is 13.9 Å². The fraction of sp³-hybridized carbons (Fsp3) is 0.600. The first-order valence-corrected chi connectivity index (χ1v) is 7.16. The zero-order valence-electron chi connectivity index (χ0n) is 10.1. The Bertz CT molecular complexity index is 551. The summed E-state index contributed by atoms with van der Waals surface area (Å²) in [6.45, 7) is 0.312. The van der Waals surface area contributed by atoms with E-state index < -0.39 is 22.0 Å². The van der Waals surface area contributed by atoms with Crippen LogP contribution in [0.5, 0.6) is 0 Å². The van der Waals surface area contributed by atoms with Gasteiger partial charge in [0.25, 0.3) is 10.0 Å². The smallest absolute Gasteiger partial charge is 0.262 e. The predicted molar refractivity (Wildman–Crippen MR) is 63.9 cm³/mol. The molecule has 1 aromatic rings. The molecule has 0 unspecified atom stereocenters. The molecule has 8 heteroatoms. The second-order valence-corrected chi connectivity index (χ2v) is 6.24. The second kappa shape index (κ2) is 4.69. The topological polar surface area (TPSA) is 98.3 Å². The lowest BCUT2D eigenvalue weighted by Gasteiger charge is -2.31. The van der Waals surface area contributed by atoms with Crippen molar-refractivity contribution in [3.63, 3.8) is 0 Å². The maximum absolute atomic E-state index is 12.4. The first-order chi connectivity index (χ1) is 8.43. The Hall–Kier alpha value is -1.41. The number of aromatic nitrogens is 2. The number of aryl methyl sites for hydroxylation is 1. The van der Waals surface area contributed by atoms with E-state index in [1.807, 2.05) is 0 Å². The molecule has 1 aliphatic heterocycles. The molecule has 2 heterocycles. The first kappa shape index (κ1) is 13.0. The number of nitrogens with two attached hydrogens (primary N) is 1. The maximum Gasteiger partial charge on any atom is 0.262 e. The van der Waals surface area contributed by atoms with Crippen LogP contribution in [-0.2, 0) is 21.9 Å². The van der Waals surface area contributed by atoms with E-state index in [4.69, 9.17) is 5.73 Å². The van der Waals surface area contributed by atoms with E-state index in [0.29, 0.717) is 13.0 Å². The third-order valence-corrected chi connectivity index (χ3v) is 4.83. The summed E-state index contributed by atoms with van der Waals surface area (Å²) in [5.74, 6) is -0.603. The Kier molecular flexibility index (Phi) is 3.40. The number of nitrogens with zero attached hydrogens (tertiary/aromatic N) is 3. The lowest BCUT2D eigenvalue weighted by Crippen LogP contribution is -2.50. The average molecular weight is 272 g/mol. The van der Waals surface area contributed by atoms with Crippen LogP contribution in [-0.4, -0.2) is 40.8 Å². The number of amides is 1. The fourth-order valence-electron chi connectivity index (χ4n) is 2.12. The van der Waals surface area contributed by atoms with Crippen LogP contribution >= 0.6 is 0 Å². The number of hydrogen-bond acceptors (Lipinski definition) is 4. The van der Waals surface area contributed by atoms with Crippen molar-refractivity contribution in [2.45, 2.75) is 30.3 Å². The van der Waals surface area contributed by atoms with Gasteiger partial charge in [0.2, 0.25) is 5.91 Å². The van der Waals surface area contributed by atoms with Crippen molar-refractivity contribution in [2.24, 2.45) is 12.8 Å². The summed E-state index contributed by atoms with van der Waals surface area (Å²) in [6, 6.07) is -0.759. The summed E-state index contributed by atoms with van der Waals surface area (Å²) in [7, 11) is -2.05. The highest BCUT2D eigenvalue weighted by molar-refractivity contribution is 7.89. The molecule has 1 fully saturated rings. The van der Waals surface area contributed by atoms with E-state index in [2.05, 4.69) is 4.98 Å². The monoisotopic (exact) mass is 272 g/mol. The zero-order chi connectivity index (χ0) is 13.3. The third kappa shape index (κ3) is 2.25. The van der Waals surface area contributed by atoms with Gasteiger partial charge in [-0.3, -0.25) is 4.79 Å². The second-order valence-electron chi connectivity index (χ2n) is 4.41. The molecule has 1 aromatic heterocycles. The number of sulfonamides is 1. The van der Waals surface area contributed by atoms with Crippen molar-refractivity contribution >= 4 is 15.9 Å². The van der Waals surface area contributed by atoms with Crippen LogP contribution in [0.2, 0.25) is 0 Å². The number of hydrogen-bond donors (Lipinski definition) is 1. The maximum atomic E-state index is 12.4. The average Bonchev–Trinajstić information content (AvgIpc) is 2.76. The molecule has 1 amide bonds. The SMILES string of the molecule is Cn1cnc(S(=O)(=O)N2CCCC[C@H]2C(N)=O)c1. The Labute approximate surface area is 106 Å². The highest BCUT2D eigenvalue weighted by Gasteiger charge is 2.37. The van der Waals surface area contributed by atoms with Crippen LogP contribution in [0.25, 0.3) is 0 Å². The number of rotatable bonds is 3. The Morgan fingerprint density at radius 1 is 1.50 bits per heavy atom. The fourth-order valence-corrected chi connectivity index (χ4v) is 3.75. The number of piperidine rings is 1. The molecule has 100 valence electrons. The molecule has 1 aliphatic rings. The van der Waals surface area contributed by atoms with Crippen LogP contribution in [0.4, 0.5) is 0 Å². The highest BCUT2D eigenvalue weighted by atomic mass is 32.2. The van der Waals surface area contributed by atoms with Crippen LogP contribution in [0.15, 0.2) is 17.6 Å². The molecule has 7 nitrogen and oxygen atoms in total. The number of primary amides is 1.